The first kappa shape index (κ1) is 14.7. The van der Waals surface area contributed by atoms with Crippen LogP contribution in [0.1, 0.15) is 12.8 Å². The lowest BCUT2D eigenvalue weighted by Crippen LogP contribution is -2.44. The van der Waals surface area contributed by atoms with E-state index in [1.165, 1.54) is 6.07 Å². The van der Waals surface area contributed by atoms with Crippen LogP contribution in [0.15, 0.2) is 18.3 Å². The molecule has 0 unspecified atom stereocenters. The maximum atomic E-state index is 11.0. The first-order valence-corrected chi connectivity index (χ1v) is 6.70. The molecule has 0 aliphatic carbocycles. The zero-order chi connectivity index (χ0) is 14.4. The number of hydrogen-bond acceptors (Lipinski definition) is 6. The maximum absolute atomic E-state index is 11.0. The smallest absolute Gasteiger partial charge is 0.311 e. The minimum atomic E-state index is -0.416. The van der Waals surface area contributed by atoms with Gasteiger partial charge in [0.25, 0.3) is 0 Å². The summed E-state index contributed by atoms with van der Waals surface area (Å²) in [5, 5.41) is 17.4. The molecule has 2 heterocycles. The normalized spacial score (nSPS) is 17.6. The number of methoxy groups -OCH3 is 1. The van der Waals surface area contributed by atoms with Crippen LogP contribution in [0.3, 0.4) is 0 Å². The minimum Gasteiger partial charge on any atom is -0.384 e. The SMILES string of the molecule is COCC1(CNc2ncccc2[N+](=O)[O-])CCNCC1. The summed E-state index contributed by atoms with van der Waals surface area (Å²) in [7, 11) is 1.69. The number of rotatable bonds is 6. The van der Waals surface area contributed by atoms with Crippen molar-refractivity contribution in [3.05, 3.63) is 28.4 Å². The molecule has 1 aromatic heterocycles. The highest BCUT2D eigenvalue weighted by Crippen LogP contribution is 2.30. The molecule has 1 aliphatic heterocycles. The maximum Gasteiger partial charge on any atom is 0.311 e. The van der Waals surface area contributed by atoms with Crippen molar-refractivity contribution in [2.24, 2.45) is 5.41 Å². The molecule has 0 spiro atoms. The van der Waals surface area contributed by atoms with Crippen molar-refractivity contribution in [1.82, 2.24) is 10.3 Å². The fourth-order valence-electron chi connectivity index (χ4n) is 2.59. The Morgan fingerprint density at radius 3 is 2.95 bits per heavy atom. The Hall–Kier alpha value is -1.73. The number of anilines is 1. The number of hydrogen-bond donors (Lipinski definition) is 2. The van der Waals surface area contributed by atoms with Crippen LogP contribution in [0.4, 0.5) is 11.5 Å². The van der Waals surface area contributed by atoms with Crippen LogP contribution in [-0.2, 0) is 4.74 Å². The van der Waals surface area contributed by atoms with Crippen molar-refractivity contribution in [3.8, 4) is 0 Å². The van der Waals surface area contributed by atoms with Crippen LogP contribution in [-0.4, -0.2) is 43.3 Å². The van der Waals surface area contributed by atoms with Gasteiger partial charge in [0.1, 0.15) is 0 Å². The van der Waals surface area contributed by atoms with Gasteiger partial charge >= 0.3 is 5.69 Å². The third-order valence-electron chi connectivity index (χ3n) is 3.73. The molecule has 0 saturated carbocycles. The second-order valence-corrected chi connectivity index (χ2v) is 5.16. The van der Waals surface area contributed by atoms with Gasteiger partial charge in [-0.3, -0.25) is 10.1 Å². The van der Waals surface area contributed by atoms with E-state index in [0.29, 0.717) is 19.0 Å². The summed E-state index contributed by atoms with van der Waals surface area (Å²) in [6.07, 6.45) is 3.52. The monoisotopic (exact) mass is 280 g/mol. The Morgan fingerprint density at radius 1 is 1.55 bits per heavy atom. The van der Waals surface area contributed by atoms with Crippen molar-refractivity contribution in [3.63, 3.8) is 0 Å². The molecule has 2 N–H and O–H groups in total. The van der Waals surface area contributed by atoms with Gasteiger partial charge in [0.2, 0.25) is 5.82 Å². The summed E-state index contributed by atoms with van der Waals surface area (Å²) in [5.74, 6) is 0.325. The molecule has 1 saturated heterocycles. The average molecular weight is 280 g/mol. The van der Waals surface area contributed by atoms with Gasteiger partial charge in [-0.05, 0) is 32.0 Å². The first-order chi connectivity index (χ1) is 9.67. The summed E-state index contributed by atoms with van der Waals surface area (Å²) in [4.78, 5) is 14.6. The summed E-state index contributed by atoms with van der Waals surface area (Å²) in [5.41, 5.74) is 0.0137. The van der Waals surface area contributed by atoms with E-state index in [-0.39, 0.29) is 11.1 Å². The van der Waals surface area contributed by atoms with E-state index in [1.807, 2.05) is 0 Å². The van der Waals surface area contributed by atoms with E-state index in [0.717, 1.165) is 25.9 Å². The van der Waals surface area contributed by atoms with Gasteiger partial charge in [-0.25, -0.2) is 4.98 Å². The zero-order valence-corrected chi connectivity index (χ0v) is 11.6. The Morgan fingerprint density at radius 2 is 2.30 bits per heavy atom. The second kappa shape index (κ2) is 6.62. The topological polar surface area (TPSA) is 89.3 Å². The molecule has 2 rings (SSSR count). The van der Waals surface area contributed by atoms with Crippen LogP contribution in [0.2, 0.25) is 0 Å². The number of aromatic nitrogens is 1. The molecule has 0 aromatic carbocycles. The largest absolute Gasteiger partial charge is 0.384 e. The summed E-state index contributed by atoms with van der Waals surface area (Å²) in [6, 6.07) is 3.03. The van der Waals surface area contributed by atoms with Gasteiger partial charge in [0.15, 0.2) is 0 Å². The molecular formula is C13H20N4O3. The molecule has 7 heteroatoms. The number of nitrogens with zero attached hydrogens (tertiary/aromatic N) is 2. The summed E-state index contributed by atoms with van der Waals surface area (Å²) < 4.78 is 5.33. The molecular weight excluding hydrogens is 260 g/mol. The van der Waals surface area contributed by atoms with E-state index in [2.05, 4.69) is 15.6 Å². The fraction of sp³-hybridized carbons (Fsp3) is 0.615. The predicted octanol–water partition coefficient (Wildman–Crippen LogP) is 1.42. The van der Waals surface area contributed by atoms with Gasteiger partial charge < -0.3 is 15.4 Å². The van der Waals surface area contributed by atoms with Crippen molar-refractivity contribution >= 4 is 11.5 Å². The fourth-order valence-corrected chi connectivity index (χ4v) is 2.59. The molecule has 1 aliphatic rings. The van der Waals surface area contributed by atoms with E-state index < -0.39 is 4.92 Å². The first-order valence-electron chi connectivity index (χ1n) is 6.70. The molecule has 0 amide bonds. The molecule has 0 radical (unpaired) electrons. The Kier molecular flexibility index (Phi) is 4.86. The molecule has 0 atom stereocenters. The van der Waals surface area contributed by atoms with Crippen molar-refractivity contribution in [2.75, 3.05) is 38.7 Å². The minimum absolute atomic E-state index is 0.00535. The van der Waals surface area contributed by atoms with Gasteiger partial charge in [-0.2, -0.15) is 0 Å². The molecule has 0 bridgehead atoms. The molecule has 110 valence electrons. The quantitative estimate of drug-likeness (QED) is 0.605. The Balaban J connectivity index is 2.07. The number of piperidine rings is 1. The van der Waals surface area contributed by atoms with Crippen LogP contribution in [0.5, 0.6) is 0 Å². The van der Waals surface area contributed by atoms with Gasteiger partial charge in [-0.15, -0.1) is 0 Å². The lowest BCUT2D eigenvalue weighted by Gasteiger charge is -2.37. The van der Waals surface area contributed by atoms with Crippen LogP contribution in [0, 0.1) is 15.5 Å². The molecule has 1 aromatic rings. The summed E-state index contributed by atoms with van der Waals surface area (Å²) in [6.45, 7) is 3.15. The molecule has 1 fully saturated rings. The van der Waals surface area contributed by atoms with Gasteiger partial charge in [-0.1, -0.05) is 0 Å². The highest BCUT2D eigenvalue weighted by molar-refractivity contribution is 5.55. The van der Waals surface area contributed by atoms with E-state index in [1.54, 1.807) is 19.4 Å². The second-order valence-electron chi connectivity index (χ2n) is 5.16. The van der Waals surface area contributed by atoms with Gasteiger partial charge in [0, 0.05) is 31.3 Å². The van der Waals surface area contributed by atoms with E-state index >= 15 is 0 Å². The van der Waals surface area contributed by atoms with Crippen molar-refractivity contribution < 1.29 is 9.66 Å². The van der Waals surface area contributed by atoms with E-state index in [4.69, 9.17) is 4.74 Å². The number of nitro groups is 1. The number of pyridine rings is 1. The van der Waals surface area contributed by atoms with Crippen molar-refractivity contribution in [1.29, 1.82) is 0 Å². The highest BCUT2D eigenvalue weighted by Gasteiger charge is 2.32. The highest BCUT2D eigenvalue weighted by atomic mass is 16.6. The van der Waals surface area contributed by atoms with Crippen LogP contribution in [0.25, 0.3) is 0 Å². The standard InChI is InChI=1S/C13H20N4O3/c1-20-10-13(4-7-14-8-5-13)9-16-12-11(17(18)19)3-2-6-15-12/h2-3,6,14H,4-5,7-10H2,1H3,(H,15,16). The Bertz CT molecular complexity index is 455. The van der Waals surface area contributed by atoms with E-state index in [9.17, 15) is 10.1 Å². The molecule has 20 heavy (non-hydrogen) atoms. The third-order valence-corrected chi connectivity index (χ3v) is 3.73. The van der Waals surface area contributed by atoms with Crippen LogP contribution < -0.4 is 10.6 Å². The summed E-state index contributed by atoms with van der Waals surface area (Å²) >= 11 is 0. The van der Waals surface area contributed by atoms with Gasteiger partial charge in [0.05, 0.1) is 11.5 Å². The molecule has 7 nitrogen and oxygen atoms in total. The Labute approximate surface area is 117 Å². The number of nitrogens with one attached hydrogen (secondary N) is 2. The lowest BCUT2D eigenvalue weighted by molar-refractivity contribution is -0.384. The van der Waals surface area contributed by atoms with Crippen LogP contribution >= 0.6 is 0 Å². The third kappa shape index (κ3) is 3.43. The zero-order valence-electron chi connectivity index (χ0n) is 11.6. The predicted molar refractivity (Wildman–Crippen MR) is 75.8 cm³/mol. The number of ether oxygens (including phenoxy) is 1. The average Bonchev–Trinajstić information content (AvgIpc) is 2.47. The lowest BCUT2D eigenvalue weighted by atomic mass is 9.79. The van der Waals surface area contributed by atoms with Crippen molar-refractivity contribution in [2.45, 2.75) is 12.8 Å².